The van der Waals surface area contributed by atoms with Crippen LogP contribution in [-0.4, -0.2) is 30.4 Å². The van der Waals surface area contributed by atoms with E-state index in [0.717, 1.165) is 19.4 Å². The highest BCUT2D eigenvalue weighted by molar-refractivity contribution is 5.85. The third-order valence-electron chi connectivity index (χ3n) is 5.78. The Bertz CT molecular complexity index is 560. The first kappa shape index (κ1) is 26.2. The van der Waals surface area contributed by atoms with E-state index in [0.29, 0.717) is 25.6 Å². The fourth-order valence-corrected chi connectivity index (χ4v) is 3.69. The maximum absolute atomic E-state index is 12.5. The quantitative estimate of drug-likeness (QED) is 0.662. The van der Waals surface area contributed by atoms with E-state index >= 15 is 0 Å². The number of halogens is 2. The molecule has 0 saturated heterocycles. The van der Waals surface area contributed by atoms with Gasteiger partial charge in [-0.1, -0.05) is 43.5 Å². The van der Waals surface area contributed by atoms with Crippen molar-refractivity contribution in [2.75, 3.05) is 13.6 Å². The molecule has 4 nitrogen and oxygen atoms in total. The summed E-state index contributed by atoms with van der Waals surface area (Å²) in [5, 5.41) is 3.14. The van der Waals surface area contributed by atoms with Gasteiger partial charge in [0.05, 0.1) is 0 Å². The molecule has 0 radical (unpaired) electrons. The molecule has 0 spiro atoms. The molecule has 6 heteroatoms. The summed E-state index contributed by atoms with van der Waals surface area (Å²) in [6, 6.07) is 8.88. The average Bonchev–Trinajstić information content (AvgIpc) is 2.61. The summed E-state index contributed by atoms with van der Waals surface area (Å²) in [6.07, 6.45) is 6.43. The van der Waals surface area contributed by atoms with Crippen molar-refractivity contribution in [3.63, 3.8) is 0 Å². The van der Waals surface area contributed by atoms with Crippen LogP contribution in [0.5, 0.6) is 0 Å². The van der Waals surface area contributed by atoms with E-state index in [2.05, 4.69) is 49.3 Å². The van der Waals surface area contributed by atoms with Gasteiger partial charge in [-0.25, -0.2) is 0 Å². The number of carbonyl (C=O) groups excluding carboxylic acids is 1. The van der Waals surface area contributed by atoms with Crippen molar-refractivity contribution in [2.45, 2.75) is 71.5 Å². The maximum Gasteiger partial charge on any atom is 0.220 e. The molecule has 1 saturated carbocycles. The molecule has 0 heterocycles. The normalized spacial score (nSPS) is 15.8. The van der Waals surface area contributed by atoms with Crippen molar-refractivity contribution in [3.05, 3.63) is 35.4 Å². The molecule has 1 aromatic rings. The zero-order valence-electron chi connectivity index (χ0n) is 17.0. The summed E-state index contributed by atoms with van der Waals surface area (Å²) >= 11 is 0. The molecular weight excluding hydrogens is 381 g/mol. The van der Waals surface area contributed by atoms with E-state index in [4.69, 9.17) is 5.73 Å². The molecule has 1 amide bonds. The van der Waals surface area contributed by atoms with Crippen LogP contribution in [0.1, 0.15) is 63.5 Å². The van der Waals surface area contributed by atoms with E-state index in [1.54, 1.807) is 0 Å². The number of nitrogens with two attached hydrogens (primary N) is 1. The van der Waals surface area contributed by atoms with Gasteiger partial charge in [0.1, 0.15) is 0 Å². The van der Waals surface area contributed by atoms with Crippen molar-refractivity contribution in [1.82, 2.24) is 10.2 Å². The van der Waals surface area contributed by atoms with Crippen molar-refractivity contribution in [3.8, 4) is 0 Å². The van der Waals surface area contributed by atoms with Crippen molar-refractivity contribution in [2.24, 2.45) is 11.1 Å². The Labute approximate surface area is 177 Å². The van der Waals surface area contributed by atoms with Crippen LogP contribution in [0.2, 0.25) is 0 Å². The highest BCUT2D eigenvalue weighted by atomic mass is 35.5. The lowest BCUT2D eigenvalue weighted by atomic mass is 9.71. The first-order valence-corrected chi connectivity index (χ1v) is 9.69. The lowest BCUT2D eigenvalue weighted by Crippen LogP contribution is -2.38. The van der Waals surface area contributed by atoms with Gasteiger partial charge in [-0.2, -0.15) is 0 Å². The van der Waals surface area contributed by atoms with E-state index in [9.17, 15) is 4.79 Å². The van der Waals surface area contributed by atoms with Crippen molar-refractivity contribution in [1.29, 1.82) is 0 Å². The molecule has 156 valence electrons. The van der Waals surface area contributed by atoms with E-state index in [1.165, 1.54) is 30.4 Å². The van der Waals surface area contributed by atoms with Gasteiger partial charge in [-0.15, -0.1) is 24.8 Å². The van der Waals surface area contributed by atoms with Crippen LogP contribution in [0, 0.1) is 5.41 Å². The maximum atomic E-state index is 12.5. The molecule has 3 N–H and O–H groups in total. The van der Waals surface area contributed by atoms with Crippen molar-refractivity contribution >= 4 is 30.7 Å². The Morgan fingerprint density at radius 2 is 1.74 bits per heavy atom. The summed E-state index contributed by atoms with van der Waals surface area (Å²) in [5.74, 6) is 0.138. The fourth-order valence-electron chi connectivity index (χ4n) is 3.69. The molecule has 0 atom stereocenters. The molecule has 0 aromatic heterocycles. The zero-order chi connectivity index (χ0) is 18.3. The summed E-state index contributed by atoms with van der Waals surface area (Å²) in [4.78, 5) is 14.8. The van der Waals surface area contributed by atoms with Crippen LogP contribution in [-0.2, 0) is 17.9 Å². The number of hydrogen-bond acceptors (Lipinski definition) is 3. The molecule has 1 fully saturated rings. The monoisotopic (exact) mass is 417 g/mol. The summed E-state index contributed by atoms with van der Waals surface area (Å²) in [5.41, 5.74) is 8.53. The first-order chi connectivity index (χ1) is 12.0. The molecule has 1 aliphatic carbocycles. The van der Waals surface area contributed by atoms with Crippen LogP contribution < -0.4 is 11.1 Å². The number of rotatable bonds is 8. The van der Waals surface area contributed by atoms with Gasteiger partial charge in [0, 0.05) is 25.6 Å². The predicted molar refractivity (Wildman–Crippen MR) is 119 cm³/mol. The minimum absolute atomic E-state index is 0. The second kappa shape index (κ2) is 12.6. The number of carbonyl (C=O) groups is 1. The number of nitrogens with one attached hydrogen (secondary N) is 1. The van der Waals surface area contributed by atoms with Crippen LogP contribution in [0.3, 0.4) is 0 Å². The van der Waals surface area contributed by atoms with Gasteiger partial charge < -0.3 is 11.1 Å². The van der Waals surface area contributed by atoms with Gasteiger partial charge in [-0.3, -0.25) is 9.69 Å². The topological polar surface area (TPSA) is 58.4 Å². The van der Waals surface area contributed by atoms with Gasteiger partial charge >= 0.3 is 0 Å². The molecule has 0 aliphatic heterocycles. The first-order valence-electron chi connectivity index (χ1n) is 9.69. The second-order valence-corrected chi connectivity index (χ2v) is 8.00. The van der Waals surface area contributed by atoms with Crippen molar-refractivity contribution < 1.29 is 4.79 Å². The molecular formula is C21H37Cl2N3O. The smallest absolute Gasteiger partial charge is 0.220 e. The highest BCUT2D eigenvalue weighted by Gasteiger charge is 2.32. The minimum atomic E-state index is 0. The number of amides is 1. The summed E-state index contributed by atoms with van der Waals surface area (Å²) < 4.78 is 0. The van der Waals surface area contributed by atoms with E-state index in [-0.39, 0.29) is 36.1 Å². The van der Waals surface area contributed by atoms with Gasteiger partial charge in [0.25, 0.3) is 0 Å². The van der Waals surface area contributed by atoms with Gasteiger partial charge in [0.15, 0.2) is 0 Å². The van der Waals surface area contributed by atoms with E-state index < -0.39 is 0 Å². The number of nitrogens with zero attached hydrogens (tertiary/aromatic N) is 1. The zero-order valence-corrected chi connectivity index (χ0v) is 18.6. The molecule has 27 heavy (non-hydrogen) atoms. The van der Waals surface area contributed by atoms with Gasteiger partial charge in [0.2, 0.25) is 5.91 Å². The summed E-state index contributed by atoms with van der Waals surface area (Å²) in [7, 11) is 2.13. The molecule has 0 bridgehead atoms. The number of benzene rings is 1. The number of hydrogen-bond donors (Lipinski definition) is 2. The Morgan fingerprint density at radius 3 is 2.30 bits per heavy atom. The molecule has 1 aromatic carbocycles. The fraction of sp³-hybridized carbons (Fsp3) is 0.667. The Balaban J connectivity index is 0.00000338. The van der Waals surface area contributed by atoms with Crippen LogP contribution in [0.25, 0.3) is 0 Å². The Hall–Kier alpha value is -0.810. The predicted octanol–water partition coefficient (Wildman–Crippen LogP) is 4.29. The molecule has 1 aliphatic rings. The third kappa shape index (κ3) is 7.98. The van der Waals surface area contributed by atoms with Crippen LogP contribution in [0.15, 0.2) is 24.3 Å². The SMILES string of the molecule is CC(C)N(C)Cc1ccccc1CNC(=O)CC1(CN)CCCCC1.Cl.Cl. The lowest BCUT2D eigenvalue weighted by molar-refractivity contribution is -0.124. The molecule has 2 rings (SSSR count). The third-order valence-corrected chi connectivity index (χ3v) is 5.78. The standard InChI is InChI=1S/C21H35N3O.2ClH/c1-17(2)24(3)15-19-10-6-5-9-18(19)14-23-20(25)13-21(16-22)11-7-4-8-12-21;;/h5-6,9-10,17H,4,7-8,11-16,22H2,1-3H3,(H,23,25);2*1H. The van der Waals surface area contributed by atoms with Crippen LogP contribution in [0.4, 0.5) is 0 Å². The minimum Gasteiger partial charge on any atom is -0.352 e. The molecule has 0 unspecified atom stereocenters. The largest absolute Gasteiger partial charge is 0.352 e. The average molecular weight is 418 g/mol. The highest BCUT2D eigenvalue weighted by Crippen LogP contribution is 2.38. The Kier molecular flexibility index (Phi) is 12.2. The Morgan fingerprint density at radius 1 is 1.15 bits per heavy atom. The van der Waals surface area contributed by atoms with E-state index in [1.807, 2.05) is 6.07 Å². The lowest BCUT2D eigenvalue weighted by Gasteiger charge is -2.35. The second-order valence-electron chi connectivity index (χ2n) is 8.00. The van der Waals surface area contributed by atoms with Gasteiger partial charge in [-0.05, 0) is 56.8 Å². The summed E-state index contributed by atoms with van der Waals surface area (Å²) in [6.45, 7) is 6.51. The van der Waals surface area contributed by atoms with Crippen LogP contribution >= 0.6 is 24.8 Å².